The summed E-state index contributed by atoms with van der Waals surface area (Å²) >= 11 is 0. The Morgan fingerprint density at radius 1 is 1.27 bits per heavy atom. The summed E-state index contributed by atoms with van der Waals surface area (Å²) in [6, 6.07) is 12.6. The highest BCUT2D eigenvalue weighted by Crippen LogP contribution is 2.30. The van der Waals surface area contributed by atoms with Crippen molar-refractivity contribution in [3.63, 3.8) is 0 Å². The average molecular weight is 299 g/mol. The zero-order valence-electron chi connectivity index (χ0n) is 12.2. The Kier molecular flexibility index (Phi) is 4.14. The molecule has 3 rings (SSSR count). The van der Waals surface area contributed by atoms with E-state index in [0.717, 1.165) is 11.5 Å². The zero-order valence-corrected chi connectivity index (χ0v) is 12.2. The second kappa shape index (κ2) is 6.39. The highest BCUT2D eigenvalue weighted by atomic mass is 16.6. The normalized spacial score (nSPS) is 16.7. The lowest BCUT2D eigenvalue weighted by Crippen LogP contribution is -2.31. The molecular formula is C17H17NO4. The van der Waals surface area contributed by atoms with Crippen LogP contribution in [-0.4, -0.2) is 37.7 Å². The van der Waals surface area contributed by atoms with Gasteiger partial charge in [-0.05, 0) is 30.3 Å². The number of aromatic hydroxyl groups is 1. The van der Waals surface area contributed by atoms with E-state index in [9.17, 15) is 5.11 Å². The van der Waals surface area contributed by atoms with Gasteiger partial charge in [0, 0.05) is 11.8 Å². The van der Waals surface area contributed by atoms with Crippen LogP contribution in [0.1, 0.15) is 5.56 Å². The van der Waals surface area contributed by atoms with Crippen LogP contribution >= 0.6 is 0 Å². The lowest BCUT2D eigenvalue weighted by Gasteiger charge is -2.25. The highest BCUT2D eigenvalue weighted by Gasteiger charge is 2.19. The van der Waals surface area contributed by atoms with Crippen LogP contribution in [0.4, 0.5) is 0 Å². The van der Waals surface area contributed by atoms with Crippen molar-refractivity contribution in [2.75, 3.05) is 20.3 Å². The number of hydrogen-bond acceptors (Lipinski definition) is 5. The minimum atomic E-state index is -0.140. The lowest BCUT2D eigenvalue weighted by molar-refractivity contribution is 0.0973. The standard InChI is InChI=1S/C17H17NO4/c1-20-13-6-7-15(19)12(8-13)9-18-10-14-11-21-16-4-2-3-5-17(16)22-14/h2-9,14,19H,10-11H2,1H3/t14-/m0/s1. The van der Waals surface area contributed by atoms with Gasteiger partial charge < -0.3 is 19.3 Å². The van der Waals surface area contributed by atoms with Gasteiger partial charge in [-0.1, -0.05) is 12.1 Å². The van der Waals surface area contributed by atoms with E-state index in [2.05, 4.69) is 4.99 Å². The molecule has 0 saturated carbocycles. The maximum absolute atomic E-state index is 9.79. The lowest BCUT2D eigenvalue weighted by atomic mass is 10.2. The minimum Gasteiger partial charge on any atom is -0.507 e. The van der Waals surface area contributed by atoms with E-state index in [-0.39, 0.29) is 11.9 Å². The number of benzene rings is 2. The summed E-state index contributed by atoms with van der Waals surface area (Å²) in [5.41, 5.74) is 0.608. The Balaban J connectivity index is 1.64. The summed E-state index contributed by atoms with van der Waals surface area (Å²) in [6.07, 6.45) is 1.47. The van der Waals surface area contributed by atoms with Gasteiger partial charge in [0.05, 0.1) is 13.7 Å². The molecule has 0 fully saturated rings. The van der Waals surface area contributed by atoms with Gasteiger partial charge in [-0.25, -0.2) is 0 Å². The van der Waals surface area contributed by atoms with Crippen molar-refractivity contribution in [2.45, 2.75) is 6.10 Å². The molecule has 0 spiro atoms. The molecule has 1 aliphatic rings. The number of phenols is 1. The molecule has 5 nitrogen and oxygen atoms in total. The van der Waals surface area contributed by atoms with Crippen LogP contribution < -0.4 is 14.2 Å². The zero-order chi connectivity index (χ0) is 15.4. The molecule has 0 aliphatic carbocycles. The number of phenolic OH excluding ortho intramolecular Hbond substituents is 1. The first-order valence-electron chi connectivity index (χ1n) is 7.01. The summed E-state index contributed by atoms with van der Waals surface area (Å²) in [7, 11) is 1.58. The number of para-hydroxylation sites is 2. The van der Waals surface area contributed by atoms with Crippen molar-refractivity contribution in [3.05, 3.63) is 48.0 Å². The third-order valence-electron chi connectivity index (χ3n) is 3.34. The Hall–Kier alpha value is -2.69. The molecule has 0 unspecified atom stereocenters. The number of fused-ring (bicyclic) bond motifs is 1. The van der Waals surface area contributed by atoms with Crippen molar-refractivity contribution in [3.8, 4) is 23.0 Å². The van der Waals surface area contributed by atoms with Gasteiger partial charge in [0.15, 0.2) is 17.6 Å². The molecular weight excluding hydrogens is 282 g/mol. The fourth-order valence-electron chi connectivity index (χ4n) is 2.18. The summed E-state index contributed by atoms with van der Waals surface area (Å²) in [5.74, 6) is 2.33. The minimum absolute atomic E-state index is 0.140. The predicted molar refractivity (Wildman–Crippen MR) is 83.5 cm³/mol. The first-order valence-corrected chi connectivity index (χ1v) is 7.01. The van der Waals surface area contributed by atoms with Crippen LogP contribution in [0.5, 0.6) is 23.0 Å². The maximum atomic E-state index is 9.79. The van der Waals surface area contributed by atoms with E-state index in [4.69, 9.17) is 14.2 Å². The molecule has 1 N–H and O–H groups in total. The number of nitrogens with zero attached hydrogens (tertiary/aromatic N) is 1. The monoisotopic (exact) mass is 299 g/mol. The fourth-order valence-corrected chi connectivity index (χ4v) is 2.18. The summed E-state index contributed by atoms with van der Waals surface area (Å²) in [6.45, 7) is 0.906. The number of methoxy groups -OCH3 is 1. The molecule has 0 amide bonds. The summed E-state index contributed by atoms with van der Waals surface area (Å²) in [5, 5.41) is 9.79. The van der Waals surface area contributed by atoms with Gasteiger partial charge in [-0.3, -0.25) is 4.99 Å². The van der Waals surface area contributed by atoms with Crippen molar-refractivity contribution in [2.24, 2.45) is 4.99 Å². The largest absolute Gasteiger partial charge is 0.507 e. The molecule has 1 aliphatic heterocycles. The maximum Gasteiger partial charge on any atom is 0.161 e. The van der Waals surface area contributed by atoms with E-state index in [0.29, 0.717) is 24.5 Å². The first kappa shape index (κ1) is 14.3. The van der Waals surface area contributed by atoms with Crippen molar-refractivity contribution in [1.82, 2.24) is 0 Å². The average Bonchev–Trinajstić information content (AvgIpc) is 2.56. The molecule has 114 valence electrons. The molecule has 0 aromatic heterocycles. The van der Waals surface area contributed by atoms with E-state index in [1.165, 1.54) is 0 Å². The highest BCUT2D eigenvalue weighted by molar-refractivity contribution is 5.84. The predicted octanol–water partition coefficient (Wildman–Crippen LogP) is 2.66. The molecule has 5 heteroatoms. The van der Waals surface area contributed by atoms with Crippen LogP contribution in [0.15, 0.2) is 47.5 Å². The number of rotatable bonds is 4. The summed E-state index contributed by atoms with van der Waals surface area (Å²) < 4.78 is 16.6. The first-order chi connectivity index (χ1) is 10.8. The Bertz CT molecular complexity index is 684. The Labute approximate surface area is 128 Å². The molecule has 2 aromatic carbocycles. The molecule has 2 aromatic rings. The molecule has 0 radical (unpaired) electrons. The van der Waals surface area contributed by atoms with Gasteiger partial charge in [-0.2, -0.15) is 0 Å². The quantitative estimate of drug-likeness (QED) is 0.882. The second-order valence-electron chi connectivity index (χ2n) is 4.92. The number of hydrogen-bond donors (Lipinski definition) is 1. The van der Waals surface area contributed by atoms with Gasteiger partial charge >= 0.3 is 0 Å². The molecule has 22 heavy (non-hydrogen) atoms. The van der Waals surface area contributed by atoms with E-state index in [1.54, 1.807) is 31.5 Å². The van der Waals surface area contributed by atoms with Crippen molar-refractivity contribution >= 4 is 6.21 Å². The third-order valence-corrected chi connectivity index (χ3v) is 3.34. The van der Waals surface area contributed by atoms with E-state index >= 15 is 0 Å². The summed E-state index contributed by atoms with van der Waals surface area (Å²) in [4.78, 5) is 4.33. The molecule has 0 saturated heterocycles. The van der Waals surface area contributed by atoms with Gasteiger partial charge in [0.1, 0.15) is 18.1 Å². The topological polar surface area (TPSA) is 60.3 Å². The van der Waals surface area contributed by atoms with Crippen LogP contribution in [-0.2, 0) is 0 Å². The van der Waals surface area contributed by atoms with Crippen molar-refractivity contribution in [1.29, 1.82) is 0 Å². The van der Waals surface area contributed by atoms with Gasteiger partial charge in [0.2, 0.25) is 0 Å². The molecule has 1 atom stereocenters. The number of aliphatic imine (C=N–C) groups is 1. The third kappa shape index (κ3) is 3.14. The second-order valence-corrected chi connectivity index (χ2v) is 4.92. The van der Waals surface area contributed by atoms with E-state index < -0.39 is 0 Å². The SMILES string of the molecule is COc1ccc(O)c(C=NC[C@H]2COc3ccccc3O2)c1. The van der Waals surface area contributed by atoms with Crippen LogP contribution in [0.2, 0.25) is 0 Å². The van der Waals surface area contributed by atoms with Crippen LogP contribution in [0.25, 0.3) is 0 Å². The van der Waals surface area contributed by atoms with Gasteiger partial charge in [0.25, 0.3) is 0 Å². The Morgan fingerprint density at radius 2 is 2.09 bits per heavy atom. The van der Waals surface area contributed by atoms with Gasteiger partial charge in [-0.15, -0.1) is 0 Å². The molecule has 1 heterocycles. The van der Waals surface area contributed by atoms with Crippen molar-refractivity contribution < 1.29 is 19.3 Å². The van der Waals surface area contributed by atoms with Crippen LogP contribution in [0, 0.1) is 0 Å². The van der Waals surface area contributed by atoms with Crippen LogP contribution in [0.3, 0.4) is 0 Å². The van der Waals surface area contributed by atoms with E-state index in [1.807, 2.05) is 24.3 Å². The molecule has 0 bridgehead atoms. The fraction of sp³-hybridized carbons (Fsp3) is 0.235. The smallest absolute Gasteiger partial charge is 0.161 e. The number of ether oxygens (including phenoxy) is 3. The Morgan fingerprint density at radius 3 is 2.91 bits per heavy atom.